The molecule has 0 saturated carbocycles. The Morgan fingerprint density at radius 3 is 2.53 bits per heavy atom. The van der Waals surface area contributed by atoms with Gasteiger partial charge in [0.1, 0.15) is 0 Å². The molecule has 6 heteroatoms. The summed E-state index contributed by atoms with van der Waals surface area (Å²) in [6.07, 6.45) is -3.74. The lowest BCUT2D eigenvalue weighted by molar-refractivity contribution is -0.0884. The maximum atomic E-state index is 12.4. The van der Waals surface area contributed by atoms with Crippen molar-refractivity contribution in [3.05, 3.63) is 36.0 Å². The van der Waals surface area contributed by atoms with E-state index in [1.807, 2.05) is 0 Å². The molecule has 0 spiro atoms. The topological polar surface area (TPSA) is 22.0 Å². The van der Waals surface area contributed by atoms with Crippen LogP contribution in [0.1, 0.15) is 10.4 Å². The van der Waals surface area contributed by atoms with Gasteiger partial charge in [-0.3, -0.25) is 4.79 Å². The van der Waals surface area contributed by atoms with E-state index >= 15 is 0 Å². The first-order valence-corrected chi connectivity index (χ1v) is 5.24. The Hall–Kier alpha value is -1.49. The number of ketones is 1. The molecule has 0 saturated heterocycles. The van der Waals surface area contributed by atoms with Crippen molar-refractivity contribution in [2.75, 3.05) is 0 Å². The van der Waals surface area contributed by atoms with Gasteiger partial charge in [-0.1, -0.05) is 18.2 Å². The Morgan fingerprint density at radius 1 is 1.29 bits per heavy atom. The zero-order valence-electron chi connectivity index (χ0n) is 8.46. The van der Waals surface area contributed by atoms with Gasteiger partial charge in [0.15, 0.2) is 0 Å². The highest BCUT2D eigenvalue weighted by molar-refractivity contribution is 6.16. The molecule has 0 bridgehead atoms. The average molecular weight is 262 g/mol. The third-order valence-corrected chi connectivity index (χ3v) is 2.68. The van der Waals surface area contributed by atoms with E-state index in [-0.39, 0.29) is 17.0 Å². The van der Waals surface area contributed by atoms with Crippen molar-refractivity contribution in [2.24, 2.45) is 0 Å². The molecule has 0 unspecified atom stereocenters. The summed E-state index contributed by atoms with van der Waals surface area (Å²) >= 11 is 5.61. The van der Waals surface area contributed by atoms with Gasteiger partial charge in [-0.15, -0.1) is 11.6 Å². The Kier molecular flexibility index (Phi) is 2.87. The van der Waals surface area contributed by atoms with Gasteiger partial charge in [0.2, 0.25) is 0 Å². The molecule has 0 amide bonds. The molecule has 1 aromatic heterocycles. The first kappa shape index (κ1) is 12.0. The van der Waals surface area contributed by atoms with Gasteiger partial charge in [-0.05, 0) is 6.07 Å². The van der Waals surface area contributed by atoms with E-state index in [0.717, 1.165) is 6.20 Å². The molecule has 0 fully saturated rings. The maximum Gasteiger partial charge on any atom is 0.454 e. The van der Waals surface area contributed by atoms with Crippen LogP contribution >= 0.6 is 11.6 Å². The second-order valence-electron chi connectivity index (χ2n) is 3.48. The summed E-state index contributed by atoms with van der Waals surface area (Å²) in [5.41, 5.74) is 0.142. The number of Topliss-reactive ketones (excluding diaryl/α,β-unsaturated/α-hetero) is 1. The Balaban J connectivity index is 2.67. The Morgan fingerprint density at radius 2 is 1.94 bits per heavy atom. The molecular formula is C11H7ClF3NO. The molecule has 0 aliphatic carbocycles. The maximum absolute atomic E-state index is 12.4. The van der Waals surface area contributed by atoms with Gasteiger partial charge < -0.3 is 4.57 Å². The quantitative estimate of drug-likeness (QED) is 0.598. The second kappa shape index (κ2) is 4.07. The highest BCUT2D eigenvalue weighted by atomic mass is 35.5. The SMILES string of the molecule is O=C(c1cn(CCl)c2ccccc12)C(F)(F)F. The summed E-state index contributed by atoms with van der Waals surface area (Å²) in [5.74, 6) is -1.85. The van der Waals surface area contributed by atoms with Gasteiger partial charge in [0.05, 0.1) is 11.6 Å². The zero-order chi connectivity index (χ0) is 12.6. The third kappa shape index (κ3) is 2.02. The summed E-state index contributed by atoms with van der Waals surface area (Å²) in [4.78, 5) is 11.2. The second-order valence-corrected chi connectivity index (χ2v) is 3.72. The standard InChI is InChI=1S/C11H7ClF3NO/c12-6-16-5-8(10(17)11(13,14)15)7-3-1-2-4-9(7)16/h1-5H,6H2. The minimum absolute atomic E-state index is 0.00828. The molecule has 17 heavy (non-hydrogen) atoms. The molecule has 0 aliphatic rings. The number of benzene rings is 1. The highest BCUT2D eigenvalue weighted by Gasteiger charge is 2.40. The van der Waals surface area contributed by atoms with E-state index < -0.39 is 12.0 Å². The lowest BCUT2D eigenvalue weighted by Gasteiger charge is -2.02. The monoisotopic (exact) mass is 261 g/mol. The number of nitrogens with zero attached hydrogens (tertiary/aromatic N) is 1. The van der Waals surface area contributed by atoms with Crippen LogP contribution in [0.3, 0.4) is 0 Å². The van der Waals surface area contributed by atoms with Crippen molar-refractivity contribution in [1.82, 2.24) is 4.57 Å². The average Bonchev–Trinajstić information content (AvgIpc) is 2.65. The van der Waals surface area contributed by atoms with Crippen LogP contribution in [-0.2, 0) is 6.00 Å². The summed E-state index contributed by atoms with van der Waals surface area (Å²) < 4.78 is 38.6. The molecule has 0 aliphatic heterocycles. The number of hydrogen-bond acceptors (Lipinski definition) is 1. The summed E-state index contributed by atoms with van der Waals surface area (Å²) in [7, 11) is 0. The van der Waals surface area contributed by atoms with Crippen LogP contribution in [-0.4, -0.2) is 16.5 Å². The van der Waals surface area contributed by atoms with Crippen LogP contribution in [0.15, 0.2) is 30.5 Å². The lowest BCUT2D eigenvalue weighted by Crippen LogP contribution is -2.22. The molecule has 2 rings (SSSR count). The van der Waals surface area contributed by atoms with Gasteiger partial charge >= 0.3 is 6.18 Å². The van der Waals surface area contributed by atoms with E-state index in [9.17, 15) is 18.0 Å². The van der Waals surface area contributed by atoms with Crippen molar-refractivity contribution >= 4 is 28.3 Å². The molecule has 0 radical (unpaired) electrons. The van der Waals surface area contributed by atoms with E-state index in [0.29, 0.717) is 5.52 Å². The number of fused-ring (bicyclic) bond motifs is 1. The number of alkyl halides is 4. The minimum atomic E-state index is -4.87. The molecule has 0 N–H and O–H groups in total. The zero-order valence-corrected chi connectivity index (χ0v) is 9.22. The fraction of sp³-hybridized carbons (Fsp3) is 0.182. The summed E-state index contributed by atoms with van der Waals surface area (Å²) in [6.45, 7) is 0. The largest absolute Gasteiger partial charge is 0.454 e. The molecule has 90 valence electrons. The van der Waals surface area contributed by atoms with Gasteiger partial charge in [-0.25, -0.2) is 0 Å². The third-order valence-electron chi connectivity index (χ3n) is 2.42. The van der Waals surface area contributed by atoms with E-state index in [2.05, 4.69) is 0 Å². The van der Waals surface area contributed by atoms with Crippen molar-refractivity contribution < 1.29 is 18.0 Å². The van der Waals surface area contributed by atoms with Crippen molar-refractivity contribution in [3.8, 4) is 0 Å². The molecule has 1 heterocycles. The molecule has 0 atom stereocenters. The first-order chi connectivity index (χ1) is 7.95. The van der Waals surface area contributed by atoms with E-state index in [1.165, 1.54) is 10.6 Å². The Labute approximate surface area is 99.6 Å². The Bertz CT molecular complexity index is 574. The number of hydrogen-bond donors (Lipinski definition) is 0. The van der Waals surface area contributed by atoms with Crippen LogP contribution in [0, 0.1) is 0 Å². The van der Waals surface area contributed by atoms with Crippen LogP contribution in [0.5, 0.6) is 0 Å². The predicted octanol–water partition coefficient (Wildman–Crippen LogP) is 3.58. The minimum Gasteiger partial charge on any atom is -0.332 e. The number of halogens is 4. The van der Waals surface area contributed by atoms with E-state index in [4.69, 9.17) is 11.6 Å². The van der Waals surface area contributed by atoms with Crippen LogP contribution < -0.4 is 0 Å². The number of rotatable bonds is 2. The predicted molar refractivity (Wildman–Crippen MR) is 58.2 cm³/mol. The summed E-state index contributed by atoms with van der Waals surface area (Å²) in [5, 5.41) is 0.260. The van der Waals surface area contributed by atoms with E-state index in [1.54, 1.807) is 18.2 Å². The van der Waals surface area contributed by atoms with Crippen LogP contribution in [0.2, 0.25) is 0 Å². The molecular weight excluding hydrogens is 255 g/mol. The fourth-order valence-electron chi connectivity index (χ4n) is 1.68. The number of para-hydroxylation sites is 1. The lowest BCUT2D eigenvalue weighted by atomic mass is 10.1. The molecule has 1 aromatic carbocycles. The number of aromatic nitrogens is 1. The highest BCUT2D eigenvalue weighted by Crippen LogP contribution is 2.28. The van der Waals surface area contributed by atoms with Crippen molar-refractivity contribution in [1.29, 1.82) is 0 Å². The first-order valence-electron chi connectivity index (χ1n) is 4.70. The van der Waals surface area contributed by atoms with Crippen LogP contribution in [0.4, 0.5) is 13.2 Å². The summed E-state index contributed by atoms with van der Waals surface area (Å²) in [6, 6.07) is 6.33. The van der Waals surface area contributed by atoms with Crippen LogP contribution in [0.25, 0.3) is 10.9 Å². The normalized spacial score (nSPS) is 12.0. The number of carbonyl (C=O) groups excluding carboxylic acids is 1. The molecule has 2 aromatic rings. The van der Waals surface area contributed by atoms with Gasteiger partial charge in [0, 0.05) is 17.1 Å². The van der Waals surface area contributed by atoms with Crippen molar-refractivity contribution in [3.63, 3.8) is 0 Å². The number of carbonyl (C=O) groups is 1. The smallest absolute Gasteiger partial charge is 0.332 e. The van der Waals surface area contributed by atoms with Gasteiger partial charge in [-0.2, -0.15) is 13.2 Å². The van der Waals surface area contributed by atoms with Crippen molar-refractivity contribution in [2.45, 2.75) is 12.2 Å². The van der Waals surface area contributed by atoms with Gasteiger partial charge in [0.25, 0.3) is 5.78 Å². The fourth-order valence-corrected chi connectivity index (χ4v) is 1.88. The molecule has 2 nitrogen and oxygen atoms in total.